The third kappa shape index (κ3) is 2.97. The number of aryl methyl sites for hydroxylation is 1. The van der Waals surface area contributed by atoms with E-state index in [0.717, 1.165) is 10.6 Å². The Morgan fingerprint density at radius 1 is 1.40 bits per heavy atom. The summed E-state index contributed by atoms with van der Waals surface area (Å²) in [6, 6.07) is 3.01. The Labute approximate surface area is 122 Å². The molecule has 0 aliphatic carbocycles. The maximum Gasteiger partial charge on any atom is 0.243 e. The van der Waals surface area contributed by atoms with E-state index in [-0.39, 0.29) is 4.90 Å². The van der Waals surface area contributed by atoms with E-state index in [0.29, 0.717) is 12.4 Å². The zero-order valence-corrected chi connectivity index (χ0v) is 13.1. The third-order valence-electron chi connectivity index (χ3n) is 2.91. The van der Waals surface area contributed by atoms with Crippen LogP contribution in [0.15, 0.2) is 28.7 Å². The van der Waals surface area contributed by atoms with Crippen molar-refractivity contribution >= 4 is 27.2 Å². The predicted octanol–water partition coefficient (Wildman–Crippen LogP) is 1.71. The quantitative estimate of drug-likeness (QED) is 0.909. The number of hydrogen-bond donors (Lipinski definition) is 1. The minimum absolute atomic E-state index is 0.224. The van der Waals surface area contributed by atoms with E-state index >= 15 is 0 Å². The van der Waals surface area contributed by atoms with Crippen molar-refractivity contribution in [3.8, 4) is 0 Å². The molecule has 2 rings (SSSR count). The summed E-state index contributed by atoms with van der Waals surface area (Å²) in [4.78, 5) is 9.31. The van der Waals surface area contributed by atoms with Gasteiger partial charge in [0, 0.05) is 37.8 Å². The van der Waals surface area contributed by atoms with Crippen molar-refractivity contribution in [1.82, 2.24) is 14.3 Å². The molecular formula is C12H16N4O2S2. The lowest BCUT2D eigenvalue weighted by atomic mass is 10.4. The van der Waals surface area contributed by atoms with E-state index in [2.05, 4.69) is 15.3 Å². The molecule has 0 saturated heterocycles. The number of nitrogens with one attached hydrogen (secondary N) is 1. The van der Waals surface area contributed by atoms with E-state index in [1.54, 1.807) is 19.6 Å². The van der Waals surface area contributed by atoms with Crippen molar-refractivity contribution < 1.29 is 8.42 Å². The van der Waals surface area contributed by atoms with Gasteiger partial charge in [-0.15, -0.1) is 11.3 Å². The Morgan fingerprint density at radius 3 is 2.75 bits per heavy atom. The number of hydrogen-bond acceptors (Lipinski definition) is 6. The maximum absolute atomic E-state index is 12.5. The first-order valence-electron chi connectivity index (χ1n) is 5.94. The Kier molecular flexibility index (Phi) is 4.36. The van der Waals surface area contributed by atoms with Gasteiger partial charge in [-0.3, -0.25) is 0 Å². The number of anilines is 1. The number of aromatic nitrogens is 2. The Hall–Kier alpha value is -1.51. The highest BCUT2D eigenvalue weighted by atomic mass is 32.2. The summed E-state index contributed by atoms with van der Waals surface area (Å²) in [5.74, 6) is 0.522. The number of pyridine rings is 1. The fourth-order valence-corrected chi connectivity index (χ4v) is 3.72. The van der Waals surface area contributed by atoms with Crippen molar-refractivity contribution in [3.63, 3.8) is 0 Å². The lowest BCUT2D eigenvalue weighted by Gasteiger charge is -2.17. The molecule has 2 aromatic heterocycles. The van der Waals surface area contributed by atoms with E-state index in [4.69, 9.17) is 0 Å². The molecule has 108 valence electrons. The summed E-state index contributed by atoms with van der Waals surface area (Å²) in [5.41, 5.74) is 2.58. The fraction of sp³-hybridized carbons (Fsp3) is 0.333. The van der Waals surface area contributed by atoms with Gasteiger partial charge < -0.3 is 5.32 Å². The van der Waals surface area contributed by atoms with Gasteiger partial charge in [-0.25, -0.2) is 18.4 Å². The molecule has 0 atom stereocenters. The fourth-order valence-electron chi connectivity index (χ4n) is 1.65. The Balaban J connectivity index is 2.27. The summed E-state index contributed by atoms with van der Waals surface area (Å²) in [5, 5.41) is 2.83. The van der Waals surface area contributed by atoms with Crippen LogP contribution in [0.5, 0.6) is 0 Å². The lowest BCUT2D eigenvalue weighted by Crippen LogP contribution is -2.26. The SMILES string of the molecule is CNc1cc(S(=O)(=O)N(C)Cc2scnc2C)ccn1. The molecule has 0 unspecified atom stereocenters. The monoisotopic (exact) mass is 312 g/mol. The normalized spacial score (nSPS) is 11.8. The Morgan fingerprint density at radius 2 is 2.15 bits per heavy atom. The van der Waals surface area contributed by atoms with Crippen LogP contribution < -0.4 is 5.32 Å². The Bertz CT molecular complexity index is 697. The van der Waals surface area contributed by atoms with E-state index in [1.165, 1.54) is 34.0 Å². The van der Waals surface area contributed by atoms with Crippen LogP contribution in [0, 0.1) is 6.92 Å². The topological polar surface area (TPSA) is 75.2 Å². The van der Waals surface area contributed by atoms with Gasteiger partial charge in [0.05, 0.1) is 16.1 Å². The molecule has 0 spiro atoms. The summed E-state index contributed by atoms with van der Waals surface area (Å²) >= 11 is 1.45. The van der Waals surface area contributed by atoms with Crippen molar-refractivity contribution in [2.45, 2.75) is 18.4 Å². The van der Waals surface area contributed by atoms with Crippen LogP contribution >= 0.6 is 11.3 Å². The highest BCUT2D eigenvalue weighted by molar-refractivity contribution is 7.89. The molecule has 8 heteroatoms. The second-order valence-electron chi connectivity index (χ2n) is 4.25. The maximum atomic E-state index is 12.5. The minimum Gasteiger partial charge on any atom is -0.373 e. The second kappa shape index (κ2) is 5.86. The van der Waals surface area contributed by atoms with Gasteiger partial charge in [-0.05, 0) is 13.0 Å². The zero-order chi connectivity index (χ0) is 14.8. The molecule has 0 radical (unpaired) electrons. The largest absolute Gasteiger partial charge is 0.373 e. The van der Waals surface area contributed by atoms with Crippen molar-refractivity contribution in [2.75, 3.05) is 19.4 Å². The van der Waals surface area contributed by atoms with Crippen LogP contribution in [0.1, 0.15) is 10.6 Å². The molecular weight excluding hydrogens is 296 g/mol. The first-order valence-corrected chi connectivity index (χ1v) is 8.26. The molecule has 0 aliphatic heterocycles. The van der Waals surface area contributed by atoms with Gasteiger partial charge in [-0.2, -0.15) is 4.31 Å². The average molecular weight is 312 g/mol. The van der Waals surface area contributed by atoms with Crippen molar-refractivity contribution in [3.05, 3.63) is 34.4 Å². The predicted molar refractivity (Wildman–Crippen MR) is 79.3 cm³/mol. The third-order valence-corrected chi connectivity index (χ3v) is 5.63. The zero-order valence-electron chi connectivity index (χ0n) is 11.5. The van der Waals surface area contributed by atoms with Gasteiger partial charge in [-0.1, -0.05) is 0 Å². The van der Waals surface area contributed by atoms with Crippen LogP contribution in [0.4, 0.5) is 5.82 Å². The molecule has 0 amide bonds. The van der Waals surface area contributed by atoms with Gasteiger partial charge >= 0.3 is 0 Å². The summed E-state index contributed by atoms with van der Waals surface area (Å²) in [6.45, 7) is 2.19. The summed E-state index contributed by atoms with van der Waals surface area (Å²) in [7, 11) is -0.271. The number of rotatable bonds is 5. The molecule has 0 saturated carbocycles. The standard InChI is InChI=1S/C12H16N4O2S2/c1-9-11(19-8-15-9)7-16(3)20(17,18)10-4-5-14-12(6-10)13-2/h4-6,8H,7H2,1-3H3,(H,13,14). The van der Waals surface area contributed by atoms with Crippen LogP contribution in [0.2, 0.25) is 0 Å². The molecule has 6 nitrogen and oxygen atoms in total. The molecule has 20 heavy (non-hydrogen) atoms. The minimum atomic E-state index is -3.53. The smallest absolute Gasteiger partial charge is 0.243 e. The molecule has 0 fully saturated rings. The molecule has 2 aromatic rings. The molecule has 1 N–H and O–H groups in total. The highest BCUT2D eigenvalue weighted by Gasteiger charge is 2.22. The first kappa shape index (κ1) is 14.9. The summed E-state index contributed by atoms with van der Waals surface area (Å²) in [6.07, 6.45) is 1.48. The van der Waals surface area contributed by atoms with Crippen LogP contribution in [0.3, 0.4) is 0 Å². The van der Waals surface area contributed by atoms with Gasteiger partial charge in [0.1, 0.15) is 5.82 Å². The van der Waals surface area contributed by atoms with Gasteiger partial charge in [0.2, 0.25) is 10.0 Å². The van der Waals surface area contributed by atoms with Gasteiger partial charge in [0.15, 0.2) is 0 Å². The van der Waals surface area contributed by atoms with Crippen LogP contribution in [0.25, 0.3) is 0 Å². The van der Waals surface area contributed by atoms with Gasteiger partial charge in [0.25, 0.3) is 0 Å². The number of sulfonamides is 1. The van der Waals surface area contributed by atoms with Crippen molar-refractivity contribution in [2.24, 2.45) is 0 Å². The average Bonchev–Trinajstić information content (AvgIpc) is 2.84. The molecule has 0 aromatic carbocycles. The summed E-state index contributed by atoms with van der Waals surface area (Å²) < 4.78 is 26.3. The van der Waals surface area contributed by atoms with E-state index < -0.39 is 10.0 Å². The lowest BCUT2D eigenvalue weighted by molar-refractivity contribution is 0.468. The van der Waals surface area contributed by atoms with Crippen LogP contribution in [-0.2, 0) is 16.6 Å². The number of nitrogens with zero attached hydrogens (tertiary/aromatic N) is 3. The molecule has 0 bridgehead atoms. The van der Waals surface area contributed by atoms with E-state index in [9.17, 15) is 8.42 Å². The highest BCUT2D eigenvalue weighted by Crippen LogP contribution is 2.21. The first-order chi connectivity index (χ1) is 9.45. The molecule has 0 aliphatic rings. The second-order valence-corrected chi connectivity index (χ2v) is 7.23. The molecule has 2 heterocycles. The van der Waals surface area contributed by atoms with E-state index in [1.807, 2.05) is 6.92 Å². The van der Waals surface area contributed by atoms with Crippen molar-refractivity contribution in [1.29, 1.82) is 0 Å². The number of thiazole rings is 1. The van der Waals surface area contributed by atoms with Crippen LogP contribution in [-0.4, -0.2) is 36.8 Å².